The van der Waals surface area contributed by atoms with Gasteiger partial charge in [0.15, 0.2) is 0 Å². The lowest BCUT2D eigenvalue weighted by atomic mass is 10.2. The molecular weight excluding hydrogens is 322 g/mol. The van der Waals surface area contributed by atoms with Crippen LogP contribution in [0.5, 0.6) is 0 Å². The standard InChI is InChI=1S/C14H18BrN3S/c1-4-7-16-9(2)13-10(3)18-14(19-13)12-6-5-11(15)8-17-12/h5-6,8-9,16H,4,7H2,1-3H3. The quantitative estimate of drug-likeness (QED) is 0.880. The molecule has 2 aromatic heterocycles. The van der Waals surface area contributed by atoms with Crippen LogP contribution < -0.4 is 5.32 Å². The SMILES string of the molecule is CCCNC(C)c1sc(-c2ccc(Br)cn2)nc1C. The predicted octanol–water partition coefficient (Wildman–Crippen LogP) is 4.34. The van der Waals surface area contributed by atoms with Gasteiger partial charge in [0.25, 0.3) is 0 Å². The van der Waals surface area contributed by atoms with E-state index in [9.17, 15) is 0 Å². The highest BCUT2D eigenvalue weighted by atomic mass is 79.9. The van der Waals surface area contributed by atoms with E-state index in [-0.39, 0.29) is 0 Å². The summed E-state index contributed by atoms with van der Waals surface area (Å²) in [4.78, 5) is 10.3. The van der Waals surface area contributed by atoms with Crippen molar-refractivity contribution >= 4 is 27.3 Å². The molecular formula is C14H18BrN3S. The van der Waals surface area contributed by atoms with Crippen molar-refractivity contribution < 1.29 is 0 Å². The summed E-state index contributed by atoms with van der Waals surface area (Å²) >= 11 is 5.13. The Balaban J connectivity index is 2.23. The number of nitrogens with zero attached hydrogens (tertiary/aromatic N) is 2. The Kier molecular flexibility index (Phi) is 5.07. The molecule has 5 heteroatoms. The van der Waals surface area contributed by atoms with E-state index in [0.717, 1.165) is 33.8 Å². The van der Waals surface area contributed by atoms with Crippen LogP contribution in [0.4, 0.5) is 0 Å². The molecule has 0 amide bonds. The second kappa shape index (κ2) is 6.59. The zero-order valence-corrected chi connectivity index (χ0v) is 13.8. The van der Waals surface area contributed by atoms with Crippen molar-refractivity contribution in [3.8, 4) is 10.7 Å². The maximum absolute atomic E-state index is 4.64. The van der Waals surface area contributed by atoms with Gasteiger partial charge in [0.05, 0.1) is 11.4 Å². The fraction of sp³-hybridized carbons (Fsp3) is 0.429. The Morgan fingerprint density at radius 1 is 1.42 bits per heavy atom. The van der Waals surface area contributed by atoms with E-state index < -0.39 is 0 Å². The molecule has 102 valence electrons. The first-order chi connectivity index (χ1) is 9.11. The van der Waals surface area contributed by atoms with Crippen LogP contribution in [-0.2, 0) is 0 Å². The van der Waals surface area contributed by atoms with Crippen LogP contribution in [0.3, 0.4) is 0 Å². The van der Waals surface area contributed by atoms with Crippen molar-refractivity contribution in [1.29, 1.82) is 0 Å². The second-order valence-corrected chi connectivity index (χ2v) is 6.45. The van der Waals surface area contributed by atoms with Gasteiger partial charge in [-0.1, -0.05) is 6.92 Å². The average molecular weight is 340 g/mol. The molecule has 2 rings (SSSR count). The molecule has 1 atom stereocenters. The van der Waals surface area contributed by atoms with Crippen LogP contribution in [-0.4, -0.2) is 16.5 Å². The van der Waals surface area contributed by atoms with Gasteiger partial charge >= 0.3 is 0 Å². The molecule has 0 bridgehead atoms. The molecule has 1 N–H and O–H groups in total. The van der Waals surface area contributed by atoms with Gasteiger partial charge < -0.3 is 5.32 Å². The Morgan fingerprint density at radius 3 is 2.84 bits per heavy atom. The minimum Gasteiger partial charge on any atom is -0.309 e. The molecule has 2 heterocycles. The van der Waals surface area contributed by atoms with E-state index in [1.807, 2.05) is 18.3 Å². The van der Waals surface area contributed by atoms with E-state index in [4.69, 9.17) is 0 Å². The molecule has 0 saturated carbocycles. The topological polar surface area (TPSA) is 37.8 Å². The number of thiazole rings is 1. The fourth-order valence-corrected chi connectivity index (χ4v) is 3.18. The summed E-state index contributed by atoms with van der Waals surface area (Å²) in [5.41, 5.74) is 2.03. The lowest BCUT2D eigenvalue weighted by Gasteiger charge is -2.11. The Hall–Kier alpha value is -0.780. The molecule has 0 fully saturated rings. The van der Waals surface area contributed by atoms with Crippen molar-refractivity contribution in [2.24, 2.45) is 0 Å². The maximum atomic E-state index is 4.64. The number of nitrogens with one attached hydrogen (secondary N) is 1. The van der Waals surface area contributed by atoms with Gasteiger partial charge in [-0.15, -0.1) is 11.3 Å². The van der Waals surface area contributed by atoms with E-state index in [1.54, 1.807) is 11.3 Å². The normalized spacial score (nSPS) is 12.6. The summed E-state index contributed by atoms with van der Waals surface area (Å²) in [6.07, 6.45) is 2.95. The predicted molar refractivity (Wildman–Crippen MR) is 84.5 cm³/mol. The van der Waals surface area contributed by atoms with E-state index in [0.29, 0.717) is 6.04 Å². The van der Waals surface area contributed by atoms with E-state index in [1.165, 1.54) is 4.88 Å². The first-order valence-electron chi connectivity index (χ1n) is 6.44. The summed E-state index contributed by atoms with van der Waals surface area (Å²) in [6, 6.07) is 4.34. The number of rotatable bonds is 5. The van der Waals surface area contributed by atoms with Crippen molar-refractivity contribution in [2.45, 2.75) is 33.2 Å². The van der Waals surface area contributed by atoms with Crippen LogP contribution in [0, 0.1) is 6.92 Å². The van der Waals surface area contributed by atoms with Gasteiger partial charge in [-0.25, -0.2) is 4.98 Å². The molecule has 0 aliphatic rings. The smallest absolute Gasteiger partial charge is 0.142 e. The number of aromatic nitrogens is 2. The van der Waals surface area contributed by atoms with Crippen molar-refractivity contribution in [2.75, 3.05) is 6.54 Å². The van der Waals surface area contributed by atoms with Crippen molar-refractivity contribution in [3.63, 3.8) is 0 Å². The number of halogens is 1. The molecule has 1 unspecified atom stereocenters. The van der Waals surface area contributed by atoms with Crippen LogP contribution >= 0.6 is 27.3 Å². The Bertz CT molecular complexity index is 536. The summed E-state index contributed by atoms with van der Waals surface area (Å²) in [7, 11) is 0. The Morgan fingerprint density at radius 2 is 2.21 bits per heavy atom. The molecule has 0 saturated heterocycles. The average Bonchev–Trinajstić information content (AvgIpc) is 2.79. The van der Waals surface area contributed by atoms with Crippen molar-refractivity contribution in [1.82, 2.24) is 15.3 Å². The van der Waals surface area contributed by atoms with Gasteiger partial charge in [-0.2, -0.15) is 0 Å². The Labute approximate surface area is 126 Å². The van der Waals surface area contributed by atoms with Gasteiger partial charge in [-0.05, 0) is 54.9 Å². The molecule has 2 aromatic rings. The first kappa shape index (κ1) is 14.6. The van der Waals surface area contributed by atoms with Crippen LogP contribution in [0.15, 0.2) is 22.8 Å². The minimum absolute atomic E-state index is 0.349. The van der Waals surface area contributed by atoms with Crippen molar-refractivity contribution in [3.05, 3.63) is 33.4 Å². The summed E-state index contributed by atoms with van der Waals surface area (Å²) in [6.45, 7) is 7.47. The summed E-state index contributed by atoms with van der Waals surface area (Å²) < 4.78 is 0.989. The maximum Gasteiger partial charge on any atom is 0.142 e. The highest BCUT2D eigenvalue weighted by molar-refractivity contribution is 9.10. The third-order valence-corrected chi connectivity index (χ3v) is 4.70. The van der Waals surface area contributed by atoms with Crippen LogP contribution in [0.1, 0.15) is 36.9 Å². The lowest BCUT2D eigenvalue weighted by molar-refractivity contribution is 0.575. The summed E-state index contributed by atoms with van der Waals surface area (Å²) in [5.74, 6) is 0. The highest BCUT2D eigenvalue weighted by Gasteiger charge is 2.15. The molecule has 0 spiro atoms. The van der Waals surface area contributed by atoms with Gasteiger partial charge in [0, 0.05) is 21.6 Å². The molecule has 3 nitrogen and oxygen atoms in total. The zero-order chi connectivity index (χ0) is 13.8. The summed E-state index contributed by atoms with van der Waals surface area (Å²) in [5, 5.41) is 4.50. The minimum atomic E-state index is 0.349. The second-order valence-electron chi connectivity index (χ2n) is 4.51. The van der Waals surface area contributed by atoms with Gasteiger partial charge in [0.2, 0.25) is 0 Å². The number of pyridine rings is 1. The third kappa shape index (κ3) is 3.61. The molecule has 0 aliphatic carbocycles. The van der Waals surface area contributed by atoms with E-state index >= 15 is 0 Å². The van der Waals surface area contributed by atoms with E-state index in [2.05, 4.69) is 52.0 Å². The lowest BCUT2D eigenvalue weighted by Crippen LogP contribution is -2.18. The van der Waals surface area contributed by atoms with Crippen LogP contribution in [0.2, 0.25) is 0 Å². The zero-order valence-electron chi connectivity index (χ0n) is 11.4. The molecule has 0 aliphatic heterocycles. The third-order valence-electron chi connectivity index (χ3n) is 2.87. The number of aryl methyl sites for hydroxylation is 1. The number of hydrogen-bond acceptors (Lipinski definition) is 4. The highest BCUT2D eigenvalue weighted by Crippen LogP contribution is 2.31. The molecule has 19 heavy (non-hydrogen) atoms. The monoisotopic (exact) mass is 339 g/mol. The van der Waals surface area contributed by atoms with Crippen LogP contribution in [0.25, 0.3) is 10.7 Å². The molecule has 0 aromatic carbocycles. The van der Waals surface area contributed by atoms with Gasteiger partial charge in [-0.3, -0.25) is 4.98 Å². The fourth-order valence-electron chi connectivity index (χ4n) is 1.88. The molecule has 0 radical (unpaired) electrons. The largest absolute Gasteiger partial charge is 0.309 e. The number of hydrogen-bond donors (Lipinski definition) is 1. The van der Waals surface area contributed by atoms with Gasteiger partial charge in [0.1, 0.15) is 5.01 Å². The first-order valence-corrected chi connectivity index (χ1v) is 8.05.